The number of hydrogen-bond donors (Lipinski definition) is 1. The molecule has 92 valence electrons. The zero-order chi connectivity index (χ0) is 12.3. The van der Waals surface area contributed by atoms with E-state index in [4.69, 9.17) is 4.74 Å². The summed E-state index contributed by atoms with van der Waals surface area (Å²) >= 11 is 0. The molecule has 1 N–H and O–H groups in total. The Bertz CT molecular complexity index is 399. The standard InChI is InChI=1S/C14H19NO2/c1-15-14(16)9-12(10-7-8-10)11-5-3-4-6-13(11)17-2/h3-6,10,12H,7-9H2,1-2H3,(H,15,16). The lowest BCUT2D eigenvalue weighted by Crippen LogP contribution is -2.21. The van der Waals surface area contributed by atoms with E-state index in [1.54, 1.807) is 14.2 Å². The summed E-state index contributed by atoms with van der Waals surface area (Å²) in [7, 11) is 3.37. The van der Waals surface area contributed by atoms with Gasteiger partial charge in [0.25, 0.3) is 0 Å². The Morgan fingerprint density at radius 3 is 2.76 bits per heavy atom. The second-order valence-corrected chi connectivity index (χ2v) is 4.56. The highest BCUT2D eigenvalue weighted by molar-refractivity contribution is 5.76. The van der Waals surface area contributed by atoms with E-state index in [0.29, 0.717) is 18.3 Å². The highest BCUT2D eigenvalue weighted by atomic mass is 16.5. The molecule has 0 aliphatic heterocycles. The van der Waals surface area contributed by atoms with Gasteiger partial charge in [-0.3, -0.25) is 4.79 Å². The van der Waals surface area contributed by atoms with Gasteiger partial charge < -0.3 is 10.1 Å². The summed E-state index contributed by atoms with van der Waals surface area (Å²) in [5.41, 5.74) is 1.17. The molecule has 1 saturated carbocycles. The first-order valence-corrected chi connectivity index (χ1v) is 6.09. The van der Waals surface area contributed by atoms with Gasteiger partial charge in [0.05, 0.1) is 7.11 Å². The first kappa shape index (κ1) is 12.0. The Balaban J connectivity index is 2.22. The molecule has 0 bridgehead atoms. The van der Waals surface area contributed by atoms with E-state index < -0.39 is 0 Å². The van der Waals surface area contributed by atoms with Crippen LogP contribution in [0.3, 0.4) is 0 Å². The summed E-state index contributed by atoms with van der Waals surface area (Å²) in [6, 6.07) is 8.02. The molecule has 3 nitrogen and oxygen atoms in total. The van der Waals surface area contributed by atoms with Crippen LogP contribution in [-0.4, -0.2) is 20.1 Å². The predicted molar refractivity (Wildman–Crippen MR) is 67.1 cm³/mol. The first-order chi connectivity index (χ1) is 8.26. The van der Waals surface area contributed by atoms with Gasteiger partial charge in [0.1, 0.15) is 5.75 Å². The molecule has 1 fully saturated rings. The quantitative estimate of drug-likeness (QED) is 0.847. The zero-order valence-electron chi connectivity index (χ0n) is 10.4. The van der Waals surface area contributed by atoms with Crippen LogP contribution < -0.4 is 10.1 Å². The molecule has 0 spiro atoms. The van der Waals surface area contributed by atoms with Gasteiger partial charge in [-0.25, -0.2) is 0 Å². The summed E-state index contributed by atoms with van der Waals surface area (Å²) in [5, 5.41) is 2.71. The van der Waals surface area contributed by atoms with Crippen LogP contribution in [-0.2, 0) is 4.79 Å². The third kappa shape index (κ3) is 2.78. The predicted octanol–water partition coefficient (Wildman–Crippen LogP) is 2.32. The fraction of sp³-hybridized carbons (Fsp3) is 0.500. The molecular formula is C14H19NO2. The van der Waals surface area contributed by atoms with E-state index in [-0.39, 0.29) is 5.91 Å². The maximum atomic E-state index is 11.6. The fourth-order valence-electron chi connectivity index (χ4n) is 2.30. The molecule has 0 heterocycles. The Kier molecular flexibility index (Phi) is 3.67. The molecule has 3 heteroatoms. The number of amides is 1. The lowest BCUT2D eigenvalue weighted by Gasteiger charge is -2.18. The number of ether oxygens (including phenoxy) is 1. The summed E-state index contributed by atoms with van der Waals surface area (Å²) in [5.74, 6) is 1.94. The highest BCUT2D eigenvalue weighted by Crippen LogP contribution is 2.46. The zero-order valence-corrected chi connectivity index (χ0v) is 10.4. The Labute approximate surface area is 102 Å². The second-order valence-electron chi connectivity index (χ2n) is 4.56. The molecule has 0 aromatic heterocycles. The molecule has 1 aliphatic carbocycles. The SMILES string of the molecule is CNC(=O)CC(c1ccccc1OC)C1CC1. The minimum Gasteiger partial charge on any atom is -0.496 e. The van der Waals surface area contributed by atoms with Gasteiger partial charge in [-0.15, -0.1) is 0 Å². The molecule has 0 saturated heterocycles. The molecule has 1 aliphatic rings. The van der Waals surface area contributed by atoms with Gasteiger partial charge in [-0.2, -0.15) is 0 Å². The minimum absolute atomic E-state index is 0.104. The highest BCUT2D eigenvalue weighted by Gasteiger charge is 2.34. The second kappa shape index (κ2) is 5.21. The van der Waals surface area contributed by atoms with Crippen LogP contribution in [0, 0.1) is 5.92 Å². The molecule has 1 aromatic rings. The number of benzene rings is 1. The Hall–Kier alpha value is -1.51. The van der Waals surface area contributed by atoms with Crippen LogP contribution in [0.5, 0.6) is 5.75 Å². The van der Waals surface area contributed by atoms with Crippen LogP contribution in [0.25, 0.3) is 0 Å². The lowest BCUT2D eigenvalue weighted by molar-refractivity contribution is -0.121. The van der Waals surface area contributed by atoms with Crippen molar-refractivity contribution in [3.05, 3.63) is 29.8 Å². The monoisotopic (exact) mass is 233 g/mol. The van der Waals surface area contributed by atoms with E-state index in [0.717, 1.165) is 5.75 Å². The number of carbonyl (C=O) groups excluding carboxylic acids is 1. The average molecular weight is 233 g/mol. The van der Waals surface area contributed by atoms with Crippen molar-refractivity contribution in [1.82, 2.24) is 5.32 Å². The van der Waals surface area contributed by atoms with Gasteiger partial charge in [-0.05, 0) is 36.3 Å². The molecule has 1 unspecified atom stereocenters. The molecule has 17 heavy (non-hydrogen) atoms. The van der Waals surface area contributed by atoms with Crippen LogP contribution in [0.2, 0.25) is 0 Å². The van der Waals surface area contributed by atoms with E-state index in [9.17, 15) is 4.79 Å². The number of hydrogen-bond acceptors (Lipinski definition) is 2. The maximum Gasteiger partial charge on any atom is 0.220 e. The van der Waals surface area contributed by atoms with Crippen molar-refractivity contribution in [1.29, 1.82) is 0 Å². The number of para-hydroxylation sites is 1. The van der Waals surface area contributed by atoms with Crippen LogP contribution in [0.15, 0.2) is 24.3 Å². The van der Waals surface area contributed by atoms with Crippen LogP contribution in [0.4, 0.5) is 0 Å². The van der Waals surface area contributed by atoms with Crippen molar-refractivity contribution in [2.45, 2.75) is 25.2 Å². The summed E-state index contributed by atoms with van der Waals surface area (Å²) in [6.07, 6.45) is 3.00. The summed E-state index contributed by atoms with van der Waals surface area (Å²) < 4.78 is 5.39. The Morgan fingerprint density at radius 1 is 1.47 bits per heavy atom. The van der Waals surface area contributed by atoms with E-state index >= 15 is 0 Å². The maximum absolute atomic E-state index is 11.6. The molecule has 1 amide bonds. The van der Waals surface area contributed by atoms with Crippen molar-refractivity contribution in [2.75, 3.05) is 14.2 Å². The number of carbonyl (C=O) groups is 1. The smallest absolute Gasteiger partial charge is 0.220 e. The average Bonchev–Trinajstić information content (AvgIpc) is 3.20. The number of methoxy groups -OCH3 is 1. The topological polar surface area (TPSA) is 38.3 Å². The third-order valence-electron chi connectivity index (χ3n) is 3.41. The van der Waals surface area contributed by atoms with Crippen LogP contribution in [0.1, 0.15) is 30.7 Å². The van der Waals surface area contributed by atoms with E-state index in [1.807, 2.05) is 18.2 Å². The summed E-state index contributed by atoms with van der Waals surface area (Å²) in [4.78, 5) is 11.6. The number of rotatable bonds is 5. The van der Waals surface area contributed by atoms with E-state index in [1.165, 1.54) is 18.4 Å². The molecule has 0 radical (unpaired) electrons. The first-order valence-electron chi connectivity index (χ1n) is 6.09. The third-order valence-corrected chi connectivity index (χ3v) is 3.41. The summed E-state index contributed by atoms with van der Waals surface area (Å²) in [6.45, 7) is 0. The lowest BCUT2D eigenvalue weighted by atomic mass is 9.90. The number of nitrogens with one attached hydrogen (secondary N) is 1. The van der Waals surface area contributed by atoms with Crippen molar-refractivity contribution >= 4 is 5.91 Å². The van der Waals surface area contributed by atoms with Crippen molar-refractivity contribution in [2.24, 2.45) is 5.92 Å². The van der Waals surface area contributed by atoms with Crippen molar-refractivity contribution in [3.63, 3.8) is 0 Å². The fourth-order valence-corrected chi connectivity index (χ4v) is 2.30. The van der Waals surface area contributed by atoms with Gasteiger partial charge in [0.2, 0.25) is 5.91 Å². The van der Waals surface area contributed by atoms with Crippen LogP contribution >= 0.6 is 0 Å². The molecular weight excluding hydrogens is 214 g/mol. The van der Waals surface area contributed by atoms with Gasteiger partial charge in [-0.1, -0.05) is 18.2 Å². The molecule has 1 aromatic carbocycles. The molecule has 1 atom stereocenters. The minimum atomic E-state index is 0.104. The van der Waals surface area contributed by atoms with Gasteiger partial charge >= 0.3 is 0 Å². The largest absolute Gasteiger partial charge is 0.496 e. The van der Waals surface area contributed by atoms with Crippen molar-refractivity contribution in [3.8, 4) is 5.75 Å². The van der Waals surface area contributed by atoms with Gasteiger partial charge in [0.15, 0.2) is 0 Å². The van der Waals surface area contributed by atoms with Crippen molar-refractivity contribution < 1.29 is 9.53 Å². The van der Waals surface area contributed by atoms with Gasteiger partial charge in [0, 0.05) is 13.5 Å². The normalized spacial score (nSPS) is 16.4. The molecule has 2 rings (SSSR count). The Morgan fingerprint density at radius 2 is 2.18 bits per heavy atom. The van der Waals surface area contributed by atoms with E-state index in [2.05, 4.69) is 11.4 Å².